The van der Waals surface area contributed by atoms with E-state index in [1.807, 2.05) is 0 Å². The first-order valence-corrected chi connectivity index (χ1v) is 10.4. The topological polar surface area (TPSA) is 65.1 Å². The molecule has 1 aromatic rings. The predicted octanol–water partition coefficient (Wildman–Crippen LogP) is 3.22. The van der Waals surface area contributed by atoms with Crippen molar-refractivity contribution in [1.29, 1.82) is 0 Å². The quantitative estimate of drug-likeness (QED) is 0.584. The fourth-order valence-electron chi connectivity index (χ4n) is 7.29. The Bertz CT molecular complexity index is 964. The minimum Gasteiger partial charge on any atom is -0.466 e. The summed E-state index contributed by atoms with van der Waals surface area (Å²) in [5, 5.41) is 0. The second-order valence-corrected chi connectivity index (χ2v) is 9.13. The van der Waals surface area contributed by atoms with E-state index >= 15 is 0 Å². The summed E-state index contributed by atoms with van der Waals surface area (Å²) in [5.41, 5.74) is 3.65. The van der Waals surface area contributed by atoms with Crippen LogP contribution in [0, 0.1) is 30.6 Å². The average molecular weight is 392 g/mol. The second-order valence-electron chi connectivity index (χ2n) is 9.13. The van der Waals surface area contributed by atoms with Gasteiger partial charge in [0, 0.05) is 11.8 Å². The van der Waals surface area contributed by atoms with E-state index in [4.69, 9.17) is 14.2 Å². The summed E-state index contributed by atoms with van der Waals surface area (Å²) in [6.45, 7) is 2.06. The zero-order chi connectivity index (χ0) is 20.1. The van der Waals surface area contributed by atoms with Crippen molar-refractivity contribution < 1.29 is 23.8 Å². The van der Waals surface area contributed by atoms with Gasteiger partial charge in [-0.05, 0) is 49.2 Å². The number of rotatable bonds is 3. The summed E-state index contributed by atoms with van der Waals surface area (Å²) in [5.74, 6) is -0.412. The van der Waals surface area contributed by atoms with Crippen LogP contribution < -0.4 is 0 Å². The number of carbonyl (C=O) groups excluding carboxylic acids is 2. The Labute approximate surface area is 169 Å². The second kappa shape index (κ2) is 5.39. The molecule has 3 saturated carbocycles. The Morgan fingerprint density at radius 1 is 0.966 bits per heavy atom. The van der Waals surface area contributed by atoms with E-state index in [9.17, 15) is 9.59 Å². The highest BCUT2D eigenvalue weighted by Gasteiger charge is 2.94. The lowest BCUT2D eigenvalue weighted by molar-refractivity contribution is -0.140. The fraction of sp³-hybridized carbons (Fsp3) is 0.500. The van der Waals surface area contributed by atoms with Crippen molar-refractivity contribution in [2.45, 2.75) is 37.4 Å². The maximum atomic E-state index is 12.9. The van der Waals surface area contributed by atoms with Crippen molar-refractivity contribution in [3.8, 4) is 0 Å². The summed E-state index contributed by atoms with van der Waals surface area (Å²) in [6, 6.07) is 8.33. The number of esters is 2. The molecule has 6 rings (SSSR count). The van der Waals surface area contributed by atoms with E-state index < -0.39 is 11.9 Å². The van der Waals surface area contributed by atoms with Gasteiger partial charge in [-0.3, -0.25) is 0 Å². The Hall–Kier alpha value is -2.40. The van der Waals surface area contributed by atoms with Gasteiger partial charge in [-0.2, -0.15) is 0 Å². The number of ether oxygens (including phenoxy) is 3. The SMILES string of the molecule is COC(=O)C1=C(C(=O)OC)[C@H]2C(=Cc3ccc(C)cc3)[C@H]1[C@]13O[C@@]21[C@H]1CC[C@H]3C1. The zero-order valence-corrected chi connectivity index (χ0v) is 16.9. The summed E-state index contributed by atoms with van der Waals surface area (Å²) < 4.78 is 16.8. The first kappa shape index (κ1) is 17.5. The van der Waals surface area contributed by atoms with E-state index in [2.05, 4.69) is 37.3 Å². The number of methoxy groups -OCH3 is 2. The molecule has 0 amide bonds. The Morgan fingerprint density at radius 2 is 1.48 bits per heavy atom. The predicted molar refractivity (Wildman–Crippen MR) is 105 cm³/mol. The summed E-state index contributed by atoms with van der Waals surface area (Å²) >= 11 is 0. The lowest BCUT2D eigenvalue weighted by Gasteiger charge is -2.29. The summed E-state index contributed by atoms with van der Waals surface area (Å²) in [4.78, 5) is 25.7. The van der Waals surface area contributed by atoms with Crippen LogP contribution >= 0.6 is 0 Å². The molecule has 0 radical (unpaired) electrons. The highest BCUT2D eigenvalue weighted by Crippen LogP contribution is 2.86. The van der Waals surface area contributed by atoms with Gasteiger partial charge in [-0.25, -0.2) is 9.59 Å². The smallest absolute Gasteiger partial charge is 0.335 e. The van der Waals surface area contributed by atoms with Crippen LogP contribution in [0.4, 0.5) is 0 Å². The molecule has 6 atom stereocenters. The maximum Gasteiger partial charge on any atom is 0.335 e. The van der Waals surface area contributed by atoms with Gasteiger partial charge in [0.25, 0.3) is 0 Å². The molecule has 5 aliphatic rings. The summed E-state index contributed by atoms with van der Waals surface area (Å²) in [7, 11) is 2.75. The Kier molecular flexibility index (Phi) is 3.25. The number of benzene rings is 1. The van der Waals surface area contributed by atoms with Crippen molar-refractivity contribution in [3.05, 3.63) is 52.1 Å². The van der Waals surface area contributed by atoms with Crippen molar-refractivity contribution in [2.75, 3.05) is 14.2 Å². The molecule has 1 aliphatic heterocycles. The number of aryl methyl sites for hydroxylation is 1. The number of fused-ring (bicyclic) bond motifs is 4. The lowest BCUT2D eigenvalue weighted by atomic mass is 9.69. The first-order valence-electron chi connectivity index (χ1n) is 10.4. The van der Waals surface area contributed by atoms with Crippen LogP contribution in [-0.4, -0.2) is 37.4 Å². The highest BCUT2D eigenvalue weighted by atomic mass is 16.6. The lowest BCUT2D eigenvalue weighted by Crippen LogP contribution is -2.42. The molecule has 0 N–H and O–H groups in total. The molecular formula is C24H24O5. The molecule has 0 spiro atoms. The van der Waals surface area contributed by atoms with Crippen LogP contribution in [0.1, 0.15) is 30.4 Å². The largest absolute Gasteiger partial charge is 0.466 e. The van der Waals surface area contributed by atoms with Crippen molar-refractivity contribution in [2.24, 2.45) is 23.7 Å². The molecule has 4 bridgehead atoms. The van der Waals surface area contributed by atoms with Crippen molar-refractivity contribution in [1.82, 2.24) is 0 Å². The van der Waals surface area contributed by atoms with Gasteiger partial charge < -0.3 is 14.2 Å². The first-order chi connectivity index (χ1) is 14.0. The van der Waals surface area contributed by atoms with E-state index in [0.717, 1.165) is 30.4 Å². The number of carbonyl (C=O) groups is 2. The van der Waals surface area contributed by atoms with Gasteiger partial charge in [-0.1, -0.05) is 35.9 Å². The molecule has 0 unspecified atom stereocenters. The Balaban J connectivity index is 1.57. The van der Waals surface area contributed by atoms with E-state index in [1.165, 1.54) is 19.8 Å². The van der Waals surface area contributed by atoms with E-state index in [-0.39, 0.29) is 23.0 Å². The van der Waals surface area contributed by atoms with Crippen LogP contribution in [0.5, 0.6) is 0 Å². The highest BCUT2D eigenvalue weighted by molar-refractivity contribution is 6.06. The third kappa shape index (κ3) is 1.78. The van der Waals surface area contributed by atoms with Crippen LogP contribution in [0.15, 0.2) is 41.0 Å². The zero-order valence-electron chi connectivity index (χ0n) is 16.9. The Morgan fingerprint density at radius 3 is 1.97 bits per heavy atom. The third-order valence-electron chi connectivity index (χ3n) is 8.17. The normalized spacial score (nSPS) is 40.0. The number of hydrogen-bond acceptors (Lipinski definition) is 5. The van der Waals surface area contributed by atoms with Gasteiger partial charge in [0.15, 0.2) is 0 Å². The standard InChI is InChI=1S/C24H24O5/c1-12-4-6-13(7-5-12)10-16-19-17(21(25)27-2)18(22(26)28-3)20(16)24-15-9-8-14(11-15)23(19,24)29-24/h4-7,10,14-15,19-20H,8-9,11H2,1-3H3/t14-,15-,19+,20+,23-,24-/m0/s1. The molecule has 29 heavy (non-hydrogen) atoms. The summed E-state index contributed by atoms with van der Waals surface area (Å²) in [6.07, 6.45) is 5.57. The van der Waals surface area contributed by atoms with Crippen LogP contribution in [-0.2, 0) is 23.8 Å². The molecule has 1 heterocycles. The van der Waals surface area contributed by atoms with Gasteiger partial charge >= 0.3 is 11.9 Å². The van der Waals surface area contributed by atoms with Crippen LogP contribution in [0.2, 0.25) is 0 Å². The molecular weight excluding hydrogens is 368 g/mol. The molecule has 0 aromatic heterocycles. The molecule has 1 aromatic carbocycles. The van der Waals surface area contributed by atoms with Crippen molar-refractivity contribution >= 4 is 18.0 Å². The van der Waals surface area contributed by atoms with Crippen LogP contribution in [0.3, 0.4) is 0 Å². The van der Waals surface area contributed by atoms with Crippen molar-refractivity contribution in [3.63, 3.8) is 0 Å². The minimum atomic E-state index is -0.436. The van der Waals surface area contributed by atoms with E-state index in [1.54, 1.807) is 0 Å². The van der Waals surface area contributed by atoms with Gasteiger partial charge in [0.1, 0.15) is 11.2 Å². The number of hydrogen-bond donors (Lipinski definition) is 0. The van der Waals surface area contributed by atoms with Gasteiger partial charge in [0.2, 0.25) is 0 Å². The average Bonchev–Trinajstić information content (AvgIpc) is 3.03. The van der Waals surface area contributed by atoms with Gasteiger partial charge in [0.05, 0.1) is 25.4 Å². The minimum absolute atomic E-state index is 0.217. The molecule has 150 valence electrons. The number of epoxide rings is 1. The molecule has 1 saturated heterocycles. The molecule has 5 nitrogen and oxygen atoms in total. The maximum absolute atomic E-state index is 12.9. The molecule has 4 fully saturated rings. The molecule has 4 aliphatic carbocycles. The van der Waals surface area contributed by atoms with Gasteiger partial charge in [-0.15, -0.1) is 0 Å². The molecule has 5 heteroatoms. The van der Waals surface area contributed by atoms with E-state index in [0.29, 0.717) is 23.0 Å². The monoisotopic (exact) mass is 392 g/mol. The third-order valence-corrected chi connectivity index (χ3v) is 8.17. The fourth-order valence-corrected chi connectivity index (χ4v) is 7.29. The van der Waals surface area contributed by atoms with Crippen LogP contribution in [0.25, 0.3) is 6.08 Å².